The Hall–Kier alpha value is -1.63. The molecule has 1 aromatic rings. The van der Waals surface area contributed by atoms with Gasteiger partial charge in [-0.2, -0.15) is 10.4 Å². The molecule has 4 heteroatoms. The quantitative estimate of drug-likeness (QED) is 0.626. The summed E-state index contributed by atoms with van der Waals surface area (Å²) in [4.78, 5) is 10.9. The number of ketones is 1. The van der Waals surface area contributed by atoms with Crippen molar-refractivity contribution < 1.29 is 4.79 Å². The van der Waals surface area contributed by atoms with Crippen molar-refractivity contribution in [1.82, 2.24) is 9.78 Å². The third-order valence-electron chi connectivity index (χ3n) is 2.47. The number of hydrogen-bond donors (Lipinski definition) is 0. The van der Waals surface area contributed by atoms with Crippen LogP contribution < -0.4 is 0 Å². The minimum absolute atomic E-state index is 0.158. The van der Waals surface area contributed by atoms with Gasteiger partial charge in [0.05, 0.1) is 17.7 Å². The van der Waals surface area contributed by atoms with Crippen LogP contribution in [0.25, 0.3) is 0 Å². The van der Waals surface area contributed by atoms with E-state index < -0.39 is 5.41 Å². The summed E-state index contributed by atoms with van der Waals surface area (Å²) in [7, 11) is 1.80. The molecule has 1 saturated carbocycles. The molecule has 0 atom stereocenters. The van der Waals surface area contributed by atoms with Crippen LogP contribution in [0.1, 0.15) is 18.4 Å². The van der Waals surface area contributed by atoms with E-state index in [0.29, 0.717) is 12.8 Å². The Labute approximate surface area is 75.8 Å². The van der Waals surface area contributed by atoms with Gasteiger partial charge < -0.3 is 0 Å². The number of carbonyl (C=O) groups is 1. The monoisotopic (exact) mass is 175 g/mol. The number of aromatic nitrogens is 2. The first-order valence-electron chi connectivity index (χ1n) is 4.08. The summed E-state index contributed by atoms with van der Waals surface area (Å²) in [6.45, 7) is 0. The molecular formula is C9H9N3O. The molecule has 0 aromatic carbocycles. The minimum Gasteiger partial charge on any atom is -0.300 e. The Morgan fingerprint density at radius 3 is 2.77 bits per heavy atom. The van der Waals surface area contributed by atoms with Crippen molar-refractivity contribution in [3.05, 3.63) is 18.0 Å². The van der Waals surface area contributed by atoms with Gasteiger partial charge in [-0.3, -0.25) is 9.48 Å². The van der Waals surface area contributed by atoms with Crippen LogP contribution in [0.4, 0.5) is 0 Å². The van der Waals surface area contributed by atoms with Crippen LogP contribution in [0.2, 0.25) is 0 Å². The molecule has 0 N–H and O–H groups in total. The van der Waals surface area contributed by atoms with Crippen molar-refractivity contribution in [1.29, 1.82) is 5.26 Å². The molecule has 2 rings (SSSR count). The van der Waals surface area contributed by atoms with Crippen LogP contribution in [-0.2, 0) is 17.3 Å². The van der Waals surface area contributed by atoms with Gasteiger partial charge in [0.15, 0.2) is 0 Å². The molecule has 1 aromatic heterocycles. The van der Waals surface area contributed by atoms with Gasteiger partial charge in [0.2, 0.25) is 0 Å². The molecule has 1 fully saturated rings. The Bertz CT molecular complexity index is 391. The van der Waals surface area contributed by atoms with E-state index in [9.17, 15) is 4.79 Å². The number of aryl methyl sites for hydroxylation is 1. The SMILES string of the molecule is Cn1cc(C2(C#N)CC(=O)C2)cn1. The molecule has 0 unspecified atom stereocenters. The first kappa shape index (κ1) is 7.99. The van der Waals surface area contributed by atoms with E-state index in [4.69, 9.17) is 5.26 Å². The molecule has 0 spiro atoms. The van der Waals surface area contributed by atoms with Crippen molar-refractivity contribution in [2.45, 2.75) is 18.3 Å². The van der Waals surface area contributed by atoms with E-state index in [-0.39, 0.29) is 5.78 Å². The largest absolute Gasteiger partial charge is 0.300 e. The molecule has 1 aliphatic carbocycles. The minimum atomic E-state index is -0.578. The van der Waals surface area contributed by atoms with Gasteiger partial charge in [-0.15, -0.1) is 0 Å². The molecule has 1 heterocycles. The molecule has 13 heavy (non-hydrogen) atoms. The Kier molecular flexibility index (Phi) is 1.49. The molecule has 66 valence electrons. The second kappa shape index (κ2) is 2.43. The third-order valence-corrected chi connectivity index (χ3v) is 2.47. The summed E-state index contributed by atoms with van der Waals surface area (Å²) in [6.07, 6.45) is 4.15. The molecular weight excluding hydrogens is 166 g/mol. The second-order valence-electron chi connectivity index (χ2n) is 3.49. The van der Waals surface area contributed by atoms with Gasteiger partial charge >= 0.3 is 0 Å². The predicted octanol–water partition coefficient (Wildman–Crippen LogP) is 0.544. The molecule has 0 amide bonds. The number of nitrogens with zero attached hydrogens (tertiary/aromatic N) is 3. The molecule has 4 nitrogen and oxygen atoms in total. The maximum absolute atomic E-state index is 10.9. The summed E-state index contributed by atoms with van der Waals surface area (Å²) in [5.74, 6) is 0.158. The standard InChI is InChI=1S/C9H9N3O/c1-12-5-7(4-11-12)9(6-10)2-8(13)3-9/h4-5H,2-3H2,1H3. The number of nitriles is 1. The van der Waals surface area contributed by atoms with Crippen LogP contribution in [0.3, 0.4) is 0 Å². The number of rotatable bonds is 1. The highest BCUT2D eigenvalue weighted by molar-refractivity contribution is 5.90. The van der Waals surface area contributed by atoms with Crippen LogP contribution >= 0.6 is 0 Å². The lowest BCUT2D eigenvalue weighted by molar-refractivity contribution is -0.126. The van der Waals surface area contributed by atoms with Gasteiger partial charge in [0.25, 0.3) is 0 Å². The maximum Gasteiger partial charge on any atom is 0.136 e. The van der Waals surface area contributed by atoms with Crippen molar-refractivity contribution in [3.8, 4) is 6.07 Å². The summed E-state index contributed by atoms with van der Waals surface area (Å²) in [5.41, 5.74) is 0.280. The fraction of sp³-hybridized carbons (Fsp3) is 0.444. The molecule has 1 aliphatic rings. The third kappa shape index (κ3) is 1.04. The van der Waals surface area contributed by atoms with Gasteiger partial charge in [0, 0.05) is 31.6 Å². The normalized spacial score (nSPS) is 19.2. The molecule has 0 aliphatic heterocycles. The maximum atomic E-state index is 10.9. The number of Topliss-reactive ketones (excluding diaryl/α,β-unsaturated/α-hetero) is 1. The predicted molar refractivity (Wildman–Crippen MR) is 44.7 cm³/mol. The molecule has 0 radical (unpaired) electrons. The van der Waals surface area contributed by atoms with Crippen molar-refractivity contribution >= 4 is 5.78 Å². The summed E-state index contributed by atoms with van der Waals surface area (Å²) < 4.78 is 1.65. The van der Waals surface area contributed by atoms with Crippen LogP contribution in [-0.4, -0.2) is 15.6 Å². The molecule has 0 bridgehead atoms. The first-order chi connectivity index (χ1) is 6.16. The van der Waals surface area contributed by atoms with Crippen molar-refractivity contribution in [2.24, 2.45) is 7.05 Å². The van der Waals surface area contributed by atoms with Gasteiger partial charge in [0.1, 0.15) is 5.78 Å². The zero-order chi connectivity index (χ0) is 9.47. The zero-order valence-electron chi connectivity index (χ0n) is 7.32. The summed E-state index contributed by atoms with van der Waals surface area (Å²) in [5, 5.41) is 13.0. The molecule has 0 saturated heterocycles. The first-order valence-corrected chi connectivity index (χ1v) is 4.08. The van der Waals surface area contributed by atoms with Crippen LogP contribution in [0, 0.1) is 11.3 Å². The Morgan fingerprint density at radius 1 is 1.69 bits per heavy atom. The van der Waals surface area contributed by atoms with Gasteiger partial charge in [-0.1, -0.05) is 0 Å². The highest BCUT2D eigenvalue weighted by Gasteiger charge is 2.46. The number of carbonyl (C=O) groups excluding carboxylic acids is 1. The summed E-state index contributed by atoms with van der Waals surface area (Å²) >= 11 is 0. The van der Waals surface area contributed by atoms with E-state index in [1.807, 2.05) is 0 Å². The van der Waals surface area contributed by atoms with E-state index in [2.05, 4.69) is 11.2 Å². The number of hydrogen-bond acceptors (Lipinski definition) is 3. The highest BCUT2D eigenvalue weighted by Crippen LogP contribution is 2.40. The van der Waals surface area contributed by atoms with Gasteiger partial charge in [-0.05, 0) is 0 Å². The Balaban J connectivity index is 2.35. The lowest BCUT2D eigenvalue weighted by Gasteiger charge is -2.32. The van der Waals surface area contributed by atoms with Crippen LogP contribution in [0.15, 0.2) is 12.4 Å². The lowest BCUT2D eigenvalue weighted by atomic mass is 9.65. The van der Waals surface area contributed by atoms with E-state index in [1.54, 1.807) is 24.1 Å². The average Bonchev–Trinajstić information content (AvgIpc) is 2.46. The topological polar surface area (TPSA) is 58.7 Å². The van der Waals surface area contributed by atoms with Gasteiger partial charge in [-0.25, -0.2) is 0 Å². The smallest absolute Gasteiger partial charge is 0.136 e. The fourth-order valence-corrected chi connectivity index (χ4v) is 1.64. The van der Waals surface area contributed by atoms with E-state index >= 15 is 0 Å². The average molecular weight is 175 g/mol. The van der Waals surface area contributed by atoms with Crippen molar-refractivity contribution in [3.63, 3.8) is 0 Å². The summed E-state index contributed by atoms with van der Waals surface area (Å²) in [6, 6.07) is 2.20. The van der Waals surface area contributed by atoms with E-state index in [1.165, 1.54) is 0 Å². The second-order valence-corrected chi connectivity index (χ2v) is 3.49. The van der Waals surface area contributed by atoms with E-state index in [0.717, 1.165) is 5.56 Å². The fourth-order valence-electron chi connectivity index (χ4n) is 1.64. The van der Waals surface area contributed by atoms with Crippen LogP contribution in [0.5, 0.6) is 0 Å². The highest BCUT2D eigenvalue weighted by atomic mass is 16.1. The Morgan fingerprint density at radius 2 is 2.38 bits per heavy atom. The zero-order valence-corrected chi connectivity index (χ0v) is 7.32. The van der Waals surface area contributed by atoms with Crippen molar-refractivity contribution in [2.75, 3.05) is 0 Å². The lowest BCUT2D eigenvalue weighted by Crippen LogP contribution is -2.40.